The van der Waals surface area contributed by atoms with Crippen LogP contribution < -0.4 is 20.8 Å². The number of pyridine rings is 1. The van der Waals surface area contributed by atoms with E-state index in [1.54, 1.807) is 42.6 Å². The Balaban J connectivity index is 1.23. The van der Waals surface area contributed by atoms with E-state index in [0.717, 1.165) is 31.6 Å². The second kappa shape index (κ2) is 12.8. The second-order valence-electron chi connectivity index (χ2n) is 9.02. The van der Waals surface area contributed by atoms with Crippen molar-refractivity contribution < 1.29 is 28.0 Å². The van der Waals surface area contributed by atoms with E-state index >= 15 is 0 Å². The number of unbranched alkanes of at least 4 members (excludes halogenated alkanes) is 1. The van der Waals surface area contributed by atoms with Crippen molar-refractivity contribution >= 4 is 38.5 Å². The van der Waals surface area contributed by atoms with Crippen LogP contribution in [0, 0.1) is 0 Å². The molecule has 0 aliphatic carbocycles. The molecule has 0 bridgehead atoms. The summed E-state index contributed by atoms with van der Waals surface area (Å²) in [6, 6.07) is 15.2. The van der Waals surface area contributed by atoms with Crippen molar-refractivity contribution in [3.05, 3.63) is 66.9 Å². The van der Waals surface area contributed by atoms with Gasteiger partial charge < -0.3 is 15.7 Å². The Hall–Kier alpha value is -3.58. The molecule has 38 heavy (non-hydrogen) atoms. The molecule has 1 amide bonds. The van der Waals surface area contributed by atoms with Gasteiger partial charge in [-0.25, -0.2) is 13.4 Å². The van der Waals surface area contributed by atoms with Crippen molar-refractivity contribution in [2.45, 2.75) is 48.8 Å². The summed E-state index contributed by atoms with van der Waals surface area (Å²) in [5.74, 6) is -1.04. The number of nitrogens with one attached hydrogen (secondary N) is 4. The maximum absolute atomic E-state index is 13.0. The average Bonchev–Trinajstić information content (AvgIpc) is 3.40. The number of amides is 1. The SMILES string of the molecule is O=C(O)C(CNC(=O)C1CC(CCCCNc2ccccn2)ON1)NS(=O)(=O)c1cccc2ccccc12. The summed E-state index contributed by atoms with van der Waals surface area (Å²) < 4.78 is 28.2. The average molecular weight is 542 g/mol. The van der Waals surface area contributed by atoms with Gasteiger partial charge in [-0.15, -0.1) is 0 Å². The number of carbonyl (C=O) groups excluding carboxylic acids is 1. The Kier molecular flexibility index (Phi) is 9.24. The largest absolute Gasteiger partial charge is 0.480 e. The normalized spacial score (nSPS) is 18.2. The first-order chi connectivity index (χ1) is 18.3. The minimum absolute atomic E-state index is 0.0305. The fourth-order valence-electron chi connectivity index (χ4n) is 4.24. The van der Waals surface area contributed by atoms with Crippen LogP contribution >= 0.6 is 0 Å². The minimum Gasteiger partial charge on any atom is -0.480 e. The molecule has 3 unspecified atom stereocenters. The fraction of sp³-hybridized carbons (Fsp3) is 0.346. The lowest BCUT2D eigenvalue weighted by Gasteiger charge is -2.17. The monoisotopic (exact) mass is 541 g/mol. The van der Waals surface area contributed by atoms with Gasteiger partial charge in [-0.1, -0.05) is 42.5 Å². The second-order valence-corrected chi connectivity index (χ2v) is 10.7. The van der Waals surface area contributed by atoms with Crippen LogP contribution in [0.3, 0.4) is 0 Å². The third-order valence-electron chi connectivity index (χ3n) is 6.23. The molecule has 1 saturated heterocycles. The van der Waals surface area contributed by atoms with E-state index in [-0.39, 0.29) is 11.0 Å². The van der Waals surface area contributed by atoms with Gasteiger partial charge in [0.1, 0.15) is 17.9 Å². The van der Waals surface area contributed by atoms with Crippen LogP contribution in [0.2, 0.25) is 0 Å². The minimum atomic E-state index is -4.17. The number of fused-ring (bicyclic) bond motifs is 1. The van der Waals surface area contributed by atoms with Gasteiger partial charge in [-0.2, -0.15) is 10.2 Å². The number of benzene rings is 2. The number of carbonyl (C=O) groups is 2. The Morgan fingerprint density at radius 1 is 1.08 bits per heavy atom. The number of aromatic nitrogens is 1. The lowest BCUT2D eigenvalue weighted by molar-refractivity contribution is -0.139. The predicted molar refractivity (Wildman–Crippen MR) is 142 cm³/mol. The zero-order valence-corrected chi connectivity index (χ0v) is 21.5. The molecule has 0 radical (unpaired) electrons. The van der Waals surface area contributed by atoms with E-state index in [2.05, 4.69) is 25.8 Å². The lowest BCUT2D eigenvalue weighted by atomic mass is 10.1. The molecule has 1 aliphatic heterocycles. The molecule has 2 heterocycles. The maximum atomic E-state index is 13.0. The summed E-state index contributed by atoms with van der Waals surface area (Å²) in [6.07, 6.45) is 4.55. The highest BCUT2D eigenvalue weighted by atomic mass is 32.2. The number of anilines is 1. The van der Waals surface area contributed by atoms with Gasteiger partial charge in [0.25, 0.3) is 0 Å². The van der Waals surface area contributed by atoms with Crippen LogP contribution in [0.5, 0.6) is 0 Å². The summed E-state index contributed by atoms with van der Waals surface area (Å²) in [4.78, 5) is 34.1. The summed E-state index contributed by atoms with van der Waals surface area (Å²) in [5.41, 5.74) is 2.70. The highest BCUT2D eigenvalue weighted by Crippen LogP contribution is 2.23. The molecule has 1 aliphatic rings. The molecular formula is C26H31N5O6S. The summed E-state index contributed by atoms with van der Waals surface area (Å²) >= 11 is 0. The number of carboxylic acids is 1. The van der Waals surface area contributed by atoms with E-state index in [1.165, 1.54) is 6.07 Å². The topological polar surface area (TPSA) is 159 Å². The molecule has 3 atom stereocenters. The Morgan fingerprint density at radius 2 is 1.87 bits per heavy atom. The molecule has 2 aromatic carbocycles. The van der Waals surface area contributed by atoms with Crippen molar-refractivity contribution in [3.63, 3.8) is 0 Å². The van der Waals surface area contributed by atoms with Gasteiger partial charge in [0.15, 0.2) is 0 Å². The lowest BCUT2D eigenvalue weighted by Crippen LogP contribution is -2.51. The van der Waals surface area contributed by atoms with Crippen LogP contribution in [0.1, 0.15) is 25.7 Å². The van der Waals surface area contributed by atoms with Crippen LogP contribution in [0.15, 0.2) is 71.8 Å². The Labute approximate surface area is 221 Å². The van der Waals surface area contributed by atoms with E-state index in [0.29, 0.717) is 17.2 Å². The Morgan fingerprint density at radius 3 is 2.66 bits per heavy atom. The molecule has 1 fully saturated rings. The van der Waals surface area contributed by atoms with Gasteiger partial charge in [0, 0.05) is 31.1 Å². The van der Waals surface area contributed by atoms with E-state index in [1.807, 2.05) is 18.2 Å². The van der Waals surface area contributed by atoms with Gasteiger partial charge in [0.05, 0.1) is 11.0 Å². The van der Waals surface area contributed by atoms with Crippen molar-refractivity contribution in [2.24, 2.45) is 0 Å². The third-order valence-corrected chi connectivity index (χ3v) is 7.76. The quantitative estimate of drug-likeness (QED) is 0.204. The summed E-state index contributed by atoms with van der Waals surface area (Å²) in [5, 5.41) is 16.6. The van der Waals surface area contributed by atoms with Gasteiger partial charge in [-0.3, -0.25) is 14.4 Å². The van der Waals surface area contributed by atoms with Gasteiger partial charge in [-0.05, 0) is 42.8 Å². The van der Waals surface area contributed by atoms with Crippen LogP contribution in [0.25, 0.3) is 10.8 Å². The van der Waals surface area contributed by atoms with Crippen LogP contribution in [0.4, 0.5) is 5.82 Å². The first kappa shape index (κ1) is 27.5. The molecule has 0 spiro atoms. The molecule has 0 saturated carbocycles. The molecule has 11 nitrogen and oxygen atoms in total. The number of hydroxylamine groups is 1. The molecule has 5 N–H and O–H groups in total. The first-order valence-corrected chi connectivity index (χ1v) is 13.9. The Bertz CT molecular complexity index is 1350. The van der Waals surface area contributed by atoms with E-state index < -0.39 is 40.5 Å². The van der Waals surface area contributed by atoms with Gasteiger partial charge >= 0.3 is 5.97 Å². The number of sulfonamides is 1. The molecule has 1 aromatic heterocycles. The van der Waals surface area contributed by atoms with Crippen molar-refractivity contribution in [1.82, 2.24) is 20.5 Å². The van der Waals surface area contributed by atoms with Gasteiger partial charge in [0.2, 0.25) is 15.9 Å². The molecule has 12 heteroatoms. The van der Waals surface area contributed by atoms with Crippen LogP contribution in [-0.2, 0) is 24.4 Å². The standard InChI is InChI=1S/C26H31N5O6S/c32-25(21-16-19(37-30-21)10-3-5-14-27-24-13-4-6-15-28-24)29-17-22(26(33)34)31-38(35,36)23-12-7-9-18-8-1-2-11-20(18)23/h1-2,4,6-9,11-13,15,19,21-22,30-31H,3,5,10,14,16-17H2,(H,27,28)(H,29,32)(H,33,34). The van der Waals surface area contributed by atoms with Crippen molar-refractivity contribution in [3.8, 4) is 0 Å². The highest BCUT2D eigenvalue weighted by molar-refractivity contribution is 7.89. The number of rotatable bonds is 13. The van der Waals surface area contributed by atoms with E-state index in [4.69, 9.17) is 4.84 Å². The molecule has 202 valence electrons. The number of hydrogen-bond donors (Lipinski definition) is 5. The van der Waals surface area contributed by atoms with Crippen molar-refractivity contribution in [1.29, 1.82) is 0 Å². The summed E-state index contributed by atoms with van der Waals surface area (Å²) in [6.45, 7) is 0.354. The smallest absolute Gasteiger partial charge is 0.323 e. The fourth-order valence-corrected chi connectivity index (χ4v) is 5.66. The number of aliphatic carboxylic acids is 1. The number of hydrogen-bond acceptors (Lipinski definition) is 8. The first-order valence-electron chi connectivity index (χ1n) is 12.4. The zero-order chi connectivity index (χ0) is 27.0. The predicted octanol–water partition coefficient (Wildman–Crippen LogP) is 2.03. The van der Waals surface area contributed by atoms with Crippen molar-refractivity contribution in [2.75, 3.05) is 18.4 Å². The van der Waals surface area contributed by atoms with Crippen LogP contribution in [-0.4, -0.2) is 61.7 Å². The number of nitrogens with zero attached hydrogens (tertiary/aromatic N) is 1. The molecule has 3 aromatic rings. The highest BCUT2D eigenvalue weighted by Gasteiger charge is 2.32. The molecule has 4 rings (SSSR count). The maximum Gasteiger partial charge on any atom is 0.323 e. The third kappa shape index (κ3) is 7.25. The van der Waals surface area contributed by atoms with E-state index in [9.17, 15) is 23.1 Å². The zero-order valence-electron chi connectivity index (χ0n) is 20.7. The summed E-state index contributed by atoms with van der Waals surface area (Å²) in [7, 11) is -4.17. The number of carboxylic acid groups (broad SMARTS) is 1. The molecular weight excluding hydrogens is 510 g/mol.